The Labute approximate surface area is 163 Å². The minimum atomic E-state index is 0. The maximum atomic E-state index is 5.90. The Morgan fingerprint density at radius 2 is 1.42 bits per heavy atom. The molecule has 7 nitrogen and oxygen atoms in total. The molecule has 0 bridgehead atoms. The number of guanidine groups is 1. The third kappa shape index (κ3) is 9.97. The lowest BCUT2D eigenvalue weighted by Gasteiger charge is -2.26. The number of halogens is 1. The van der Waals surface area contributed by atoms with Crippen LogP contribution in [0.1, 0.15) is 19.3 Å². The molecule has 3 N–H and O–H groups in total. The number of nitrogens with one attached hydrogen (secondary N) is 1. The monoisotopic (exact) mass is 455 g/mol. The Hall–Kier alpha value is -0.160. The highest BCUT2D eigenvalue weighted by Gasteiger charge is 2.09. The standard InChI is InChI=1S/C16H33N5O2.HI/c17-16(19-5-3-7-21-10-14-23-15-11-21)18-4-1-2-6-20-8-12-22-13-9-20;/h1-15H2,(H3,17,18,19);1H. The molecule has 0 aromatic carbocycles. The zero-order chi connectivity index (χ0) is 16.2. The highest BCUT2D eigenvalue weighted by molar-refractivity contribution is 14.0. The summed E-state index contributed by atoms with van der Waals surface area (Å²) in [6.45, 7) is 11.6. The minimum absolute atomic E-state index is 0. The molecule has 2 heterocycles. The van der Waals surface area contributed by atoms with Crippen LogP contribution in [-0.4, -0.2) is 94.5 Å². The number of nitrogens with zero attached hydrogens (tertiary/aromatic N) is 3. The fourth-order valence-electron chi connectivity index (χ4n) is 2.88. The van der Waals surface area contributed by atoms with Crippen LogP contribution in [0, 0.1) is 0 Å². The summed E-state index contributed by atoms with van der Waals surface area (Å²) in [6.07, 6.45) is 3.37. The van der Waals surface area contributed by atoms with Crippen molar-refractivity contribution in [2.24, 2.45) is 10.7 Å². The van der Waals surface area contributed by atoms with Crippen molar-refractivity contribution in [3.8, 4) is 0 Å². The number of morpholine rings is 2. The molecule has 0 radical (unpaired) electrons. The van der Waals surface area contributed by atoms with Crippen LogP contribution in [0.4, 0.5) is 0 Å². The maximum Gasteiger partial charge on any atom is 0.188 e. The van der Waals surface area contributed by atoms with Gasteiger partial charge in [-0.25, -0.2) is 0 Å². The van der Waals surface area contributed by atoms with Crippen molar-refractivity contribution in [2.75, 3.05) is 78.8 Å². The summed E-state index contributed by atoms with van der Waals surface area (Å²) in [5.41, 5.74) is 5.90. The molecule has 0 amide bonds. The van der Waals surface area contributed by atoms with Crippen molar-refractivity contribution in [1.29, 1.82) is 0 Å². The largest absolute Gasteiger partial charge is 0.379 e. The summed E-state index contributed by atoms with van der Waals surface area (Å²) in [7, 11) is 0. The zero-order valence-electron chi connectivity index (χ0n) is 14.8. The number of ether oxygens (including phenoxy) is 2. The van der Waals surface area contributed by atoms with E-state index in [0.29, 0.717) is 5.96 Å². The second kappa shape index (κ2) is 14.1. The Morgan fingerprint density at radius 1 is 0.875 bits per heavy atom. The number of hydrogen-bond donors (Lipinski definition) is 2. The number of nitrogens with two attached hydrogens (primary N) is 1. The molecule has 2 saturated heterocycles. The van der Waals surface area contributed by atoms with E-state index < -0.39 is 0 Å². The topological polar surface area (TPSA) is 75.3 Å². The predicted molar refractivity (Wildman–Crippen MR) is 108 cm³/mol. The smallest absolute Gasteiger partial charge is 0.188 e. The summed E-state index contributed by atoms with van der Waals surface area (Å²) in [4.78, 5) is 9.28. The fraction of sp³-hybridized carbons (Fsp3) is 0.938. The number of aliphatic imine (C=N–C) groups is 1. The van der Waals surface area contributed by atoms with E-state index in [-0.39, 0.29) is 24.0 Å². The van der Waals surface area contributed by atoms with Gasteiger partial charge in [0, 0.05) is 45.8 Å². The first-order valence-electron chi connectivity index (χ1n) is 8.98. The van der Waals surface area contributed by atoms with Gasteiger partial charge in [-0.3, -0.25) is 14.8 Å². The van der Waals surface area contributed by atoms with Gasteiger partial charge < -0.3 is 20.5 Å². The zero-order valence-corrected chi connectivity index (χ0v) is 17.1. The van der Waals surface area contributed by atoms with Gasteiger partial charge in [-0.1, -0.05) is 0 Å². The molecule has 2 aliphatic heterocycles. The number of unbranched alkanes of at least 4 members (excludes halogenated alkanes) is 1. The minimum Gasteiger partial charge on any atom is -0.379 e. The molecule has 142 valence electrons. The highest BCUT2D eigenvalue weighted by atomic mass is 127. The van der Waals surface area contributed by atoms with Gasteiger partial charge in [-0.2, -0.15) is 0 Å². The van der Waals surface area contributed by atoms with Gasteiger partial charge in [0.15, 0.2) is 5.96 Å². The van der Waals surface area contributed by atoms with Crippen molar-refractivity contribution in [1.82, 2.24) is 15.1 Å². The molecule has 0 aromatic heterocycles. The van der Waals surface area contributed by atoms with E-state index in [9.17, 15) is 0 Å². The van der Waals surface area contributed by atoms with Gasteiger partial charge in [0.25, 0.3) is 0 Å². The van der Waals surface area contributed by atoms with Crippen LogP contribution in [0.2, 0.25) is 0 Å². The van der Waals surface area contributed by atoms with Crippen molar-refractivity contribution in [3.63, 3.8) is 0 Å². The van der Waals surface area contributed by atoms with Crippen LogP contribution >= 0.6 is 24.0 Å². The molecule has 0 spiro atoms. The average molecular weight is 455 g/mol. The van der Waals surface area contributed by atoms with Gasteiger partial charge in [-0.05, 0) is 25.8 Å². The molecular formula is C16H34IN5O2. The second-order valence-corrected chi connectivity index (χ2v) is 6.16. The lowest BCUT2D eigenvalue weighted by Crippen LogP contribution is -2.37. The van der Waals surface area contributed by atoms with E-state index in [1.807, 2.05) is 0 Å². The Kier molecular flexibility index (Phi) is 12.8. The van der Waals surface area contributed by atoms with Crippen molar-refractivity contribution >= 4 is 29.9 Å². The highest BCUT2D eigenvalue weighted by Crippen LogP contribution is 2.00. The quantitative estimate of drug-likeness (QED) is 0.226. The molecule has 2 rings (SSSR count). The van der Waals surface area contributed by atoms with Crippen molar-refractivity contribution in [2.45, 2.75) is 19.3 Å². The molecule has 0 aliphatic carbocycles. The third-order valence-electron chi connectivity index (χ3n) is 4.33. The first kappa shape index (κ1) is 21.9. The number of rotatable bonds is 9. The van der Waals surface area contributed by atoms with E-state index in [1.54, 1.807) is 0 Å². The first-order chi connectivity index (χ1) is 11.3. The molecule has 0 saturated carbocycles. The first-order valence-corrected chi connectivity index (χ1v) is 8.98. The van der Waals surface area contributed by atoms with Gasteiger partial charge in [0.05, 0.1) is 26.4 Å². The summed E-state index contributed by atoms with van der Waals surface area (Å²) in [5, 5.41) is 3.21. The summed E-state index contributed by atoms with van der Waals surface area (Å²) in [5.74, 6) is 0.582. The van der Waals surface area contributed by atoms with E-state index in [0.717, 1.165) is 91.6 Å². The normalized spacial score (nSPS) is 20.6. The van der Waals surface area contributed by atoms with E-state index >= 15 is 0 Å². The molecule has 2 fully saturated rings. The SMILES string of the molecule is I.NC(=NCCCN1CCOCC1)NCCCCN1CCOCC1. The van der Waals surface area contributed by atoms with Gasteiger partial charge in [-0.15, -0.1) is 24.0 Å². The summed E-state index contributed by atoms with van der Waals surface area (Å²) < 4.78 is 10.7. The Bertz CT molecular complexity index is 334. The van der Waals surface area contributed by atoms with Crippen LogP contribution < -0.4 is 11.1 Å². The van der Waals surface area contributed by atoms with E-state index in [2.05, 4.69) is 20.1 Å². The summed E-state index contributed by atoms with van der Waals surface area (Å²) in [6, 6.07) is 0. The summed E-state index contributed by atoms with van der Waals surface area (Å²) >= 11 is 0. The second-order valence-electron chi connectivity index (χ2n) is 6.16. The van der Waals surface area contributed by atoms with Crippen LogP contribution in [0.15, 0.2) is 4.99 Å². The molecule has 0 aromatic rings. The Morgan fingerprint density at radius 3 is 2.00 bits per heavy atom. The number of hydrogen-bond acceptors (Lipinski definition) is 5. The van der Waals surface area contributed by atoms with E-state index in [4.69, 9.17) is 15.2 Å². The third-order valence-corrected chi connectivity index (χ3v) is 4.33. The molecule has 0 unspecified atom stereocenters. The lowest BCUT2D eigenvalue weighted by atomic mass is 10.3. The predicted octanol–water partition coefficient (Wildman–Crippen LogP) is 0.343. The molecule has 8 heteroatoms. The van der Waals surface area contributed by atoms with Gasteiger partial charge >= 0.3 is 0 Å². The molecule has 2 aliphatic rings. The van der Waals surface area contributed by atoms with Crippen molar-refractivity contribution < 1.29 is 9.47 Å². The molecular weight excluding hydrogens is 421 g/mol. The van der Waals surface area contributed by atoms with Crippen molar-refractivity contribution in [3.05, 3.63) is 0 Å². The van der Waals surface area contributed by atoms with Crippen LogP contribution in [0.3, 0.4) is 0 Å². The van der Waals surface area contributed by atoms with Crippen LogP contribution in [0.5, 0.6) is 0 Å². The van der Waals surface area contributed by atoms with Crippen LogP contribution in [0.25, 0.3) is 0 Å². The fourth-order valence-corrected chi connectivity index (χ4v) is 2.88. The average Bonchev–Trinajstić information content (AvgIpc) is 2.60. The lowest BCUT2D eigenvalue weighted by molar-refractivity contribution is 0.0372. The maximum absolute atomic E-state index is 5.90. The van der Waals surface area contributed by atoms with E-state index in [1.165, 1.54) is 6.42 Å². The van der Waals surface area contributed by atoms with Crippen LogP contribution in [-0.2, 0) is 9.47 Å². The molecule has 0 atom stereocenters. The van der Waals surface area contributed by atoms with Gasteiger partial charge in [0.1, 0.15) is 0 Å². The Balaban J connectivity index is 0.00000288. The van der Waals surface area contributed by atoms with Gasteiger partial charge in [0.2, 0.25) is 0 Å². The molecule has 24 heavy (non-hydrogen) atoms.